The molecule has 0 saturated heterocycles. The Labute approximate surface area is 129 Å². The highest BCUT2D eigenvalue weighted by atomic mass is 35.5. The monoisotopic (exact) mass is 313 g/mol. The molecule has 0 spiro atoms. The second-order valence-corrected chi connectivity index (χ2v) is 4.84. The summed E-state index contributed by atoms with van der Waals surface area (Å²) in [5, 5.41) is 5.89. The minimum Gasteiger partial charge on any atom is -0.492 e. The first-order valence-electron chi connectivity index (χ1n) is 6.76. The van der Waals surface area contributed by atoms with E-state index in [0.717, 1.165) is 6.42 Å². The molecule has 6 nitrogen and oxygen atoms in total. The molecule has 1 rings (SSSR count). The predicted molar refractivity (Wildman–Crippen MR) is 81.4 cm³/mol. The van der Waals surface area contributed by atoms with Gasteiger partial charge in [-0.3, -0.25) is 4.79 Å². The zero-order chi connectivity index (χ0) is 15.5. The normalized spacial score (nSPS) is 9.95. The van der Waals surface area contributed by atoms with Crippen molar-refractivity contribution >= 4 is 23.5 Å². The molecule has 0 atom stereocenters. The molecule has 0 bridgehead atoms. The first-order valence-corrected chi connectivity index (χ1v) is 7.14. The minimum absolute atomic E-state index is 0.0335. The van der Waals surface area contributed by atoms with Crippen molar-refractivity contribution in [2.24, 2.45) is 5.73 Å². The van der Waals surface area contributed by atoms with Gasteiger partial charge in [-0.1, -0.05) is 11.6 Å². The van der Waals surface area contributed by atoms with Crippen molar-refractivity contribution in [1.29, 1.82) is 0 Å². The lowest BCUT2D eigenvalue weighted by Gasteiger charge is -2.08. The lowest BCUT2D eigenvalue weighted by Crippen LogP contribution is -2.30. The summed E-state index contributed by atoms with van der Waals surface area (Å²) >= 11 is 5.76. The van der Waals surface area contributed by atoms with E-state index in [-0.39, 0.29) is 5.91 Å². The first kappa shape index (κ1) is 17.1. The fourth-order valence-corrected chi connectivity index (χ4v) is 1.73. The number of nitrogens with one attached hydrogen (secondary N) is 2. The Bertz CT molecular complexity index is 451. The molecule has 0 aliphatic heterocycles. The zero-order valence-corrected chi connectivity index (χ0v) is 12.5. The van der Waals surface area contributed by atoms with Crippen LogP contribution < -0.4 is 21.1 Å². The molecule has 0 unspecified atom stereocenters. The molecule has 1 aromatic rings. The van der Waals surface area contributed by atoms with E-state index in [1.54, 1.807) is 24.3 Å². The van der Waals surface area contributed by atoms with Crippen LogP contribution in [0.25, 0.3) is 0 Å². The largest absolute Gasteiger partial charge is 0.492 e. The number of nitrogens with two attached hydrogens (primary N) is 1. The molecule has 4 N–H and O–H groups in total. The highest BCUT2D eigenvalue weighted by Gasteiger charge is 2.01. The van der Waals surface area contributed by atoms with Crippen LogP contribution in [0, 0.1) is 0 Å². The number of hydrogen-bond donors (Lipinski definition) is 3. The van der Waals surface area contributed by atoms with Crippen molar-refractivity contribution < 1.29 is 14.3 Å². The minimum atomic E-state index is -0.543. The maximum absolute atomic E-state index is 11.5. The van der Waals surface area contributed by atoms with Gasteiger partial charge in [-0.05, 0) is 37.1 Å². The van der Waals surface area contributed by atoms with E-state index in [1.165, 1.54) is 0 Å². The number of benzene rings is 1. The molecule has 0 aliphatic rings. The van der Waals surface area contributed by atoms with Crippen LogP contribution in [0.4, 0.5) is 4.79 Å². The summed E-state index contributed by atoms with van der Waals surface area (Å²) in [4.78, 5) is 21.9. The van der Waals surface area contributed by atoms with Crippen LogP contribution in [0.2, 0.25) is 5.02 Å². The molecule has 0 saturated carbocycles. The Kier molecular flexibility index (Phi) is 8.04. The Hall–Kier alpha value is -1.95. The average molecular weight is 314 g/mol. The Morgan fingerprint density at radius 3 is 2.48 bits per heavy atom. The van der Waals surface area contributed by atoms with E-state index < -0.39 is 6.03 Å². The summed E-state index contributed by atoms with van der Waals surface area (Å²) in [5.74, 6) is 0.681. The number of halogens is 1. The number of ether oxygens (including phenoxy) is 1. The van der Waals surface area contributed by atoms with Crippen molar-refractivity contribution in [2.75, 3.05) is 19.7 Å². The molecule has 3 amide bonds. The number of rotatable bonds is 9. The van der Waals surface area contributed by atoms with Gasteiger partial charge in [-0.2, -0.15) is 0 Å². The van der Waals surface area contributed by atoms with Crippen molar-refractivity contribution in [2.45, 2.75) is 19.3 Å². The molecule has 7 heteroatoms. The highest BCUT2D eigenvalue weighted by molar-refractivity contribution is 6.30. The lowest BCUT2D eigenvalue weighted by molar-refractivity contribution is -0.121. The van der Waals surface area contributed by atoms with Gasteiger partial charge in [-0.15, -0.1) is 0 Å². The van der Waals surface area contributed by atoms with Crippen molar-refractivity contribution in [3.05, 3.63) is 29.3 Å². The van der Waals surface area contributed by atoms with E-state index in [9.17, 15) is 9.59 Å². The van der Waals surface area contributed by atoms with Crippen LogP contribution in [-0.2, 0) is 4.79 Å². The second kappa shape index (κ2) is 9.88. The topological polar surface area (TPSA) is 93.5 Å². The maximum Gasteiger partial charge on any atom is 0.312 e. The van der Waals surface area contributed by atoms with Crippen LogP contribution in [0.15, 0.2) is 24.3 Å². The standard InChI is InChI=1S/C14H20ClN3O3/c15-11-4-6-12(7-5-11)21-10-9-17-13(19)3-1-2-8-18-14(16)20/h4-7H,1-3,8-10H2,(H,17,19)(H3,16,18,20). The Morgan fingerprint density at radius 1 is 1.10 bits per heavy atom. The van der Waals surface area contributed by atoms with Crippen LogP contribution in [0.1, 0.15) is 19.3 Å². The van der Waals surface area contributed by atoms with E-state index in [1.807, 2.05) is 0 Å². The Morgan fingerprint density at radius 2 is 1.81 bits per heavy atom. The highest BCUT2D eigenvalue weighted by Crippen LogP contribution is 2.15. The molecule has 0 aromatic heterocycles. The number of unbranched alkanes of at least 4 members (excludes halogenated alkanes) is 1. The van der Waals surface area contributed by atoms with Gasteiger partial charge >= 0.3 is 6.03 Å². The predicted octanol–water partition coefficient (Wildman–Crippen LogP) is 1.67. The van der Waals surface area contributed by atoms with Crippen molar-refractivity contribution in [3.63, 3.8) is 0 Å². The fourth-order valence-electron chi connectivity index (χ4n) is 1.60. The van der Waals surface area contributed by atoms with Gasteiger partial charge in [0.2, 0.25) is 5.91 Å². The average Bonchev–Trinajstić information content (AvgIpc) is 2.45. The van der Waals surface area contributed by atoms with Crippen LogP contribution in [0.3, 0.4) is 0 Å². The summed E-state index contributed by atoms with van der Waals surface area (Å²) in [7, 11) is 0. The summed E-state index contributed by atoms with van der Waals surface area (Å²) in [6, 6.07) is 6.50. The second-order valence-electron chi connectivity index (χ2n) is 4.40. The smallest absolute Gasteiger partial charge is 0.312 e. The van der Waals surface area contributed by atoms with E-state index in [0.29, 0.717) is 43.3 Å². The van der Waals surface area contributed by atoms with E-state index in [4.69, 9.17) is 22.1 Å². The third kappa shape index (κ3) is 8.75. The number of hydrogen-bond acceptors (Lipinski definition) is 3. The molecule has 116 valence electrons. The van der Waals surface area contributed by atoms with Crippen LogP contribution in [-0.4, -0.2) is 31.6 Å². The van der Waals surface area contributed by atoms with Gasteiger partial charge in [0.25, 0.3) is 0 Å². The van der Waals surface area contributed by atoms with Gasteiger partial charge in [0.15, 0.2) is 0 Å². The Balaban J connectivity index is 2.00. The molecule has 21 heavy (non-hydrogen) atoms. The summed E-state index contributed by atoms with van der Waals surface area (Å²) in [6.45, 7) is 1.33. The third-order valence-electron chi connectivity index (χ3n) is 2.64. The molecule has 0 heterocycles. The molecule has 1 aromatic carbocycles. The van der Waals surface area contributed by atoms with Gasteiger partial charge in [0.1, 0.15) is 12.4 Å². The van der Waals surface area contributed by atoms with E-state index in [2.05, 4.69) is 10.6 Å². The molecular weight excluding hydrogens is 294 g/mol. The molecule has 0 fully saturated rings. The number of urea groups is 1. The zero-order valence-electron chi connectivity index (χ0n) is 11.7. The maximum atomic E-state index is 11.5. The number of primary amides is 1. The SMILES string of the molecule is NC(=O)NCCCCC(=O)NCCOc1ccc(Cl)cc1. The van der Waals surface area contributed by atoms with Crippen molar-refractivity contribution in [3.8, 4) is 5.75 Å². The van der Waals surface area contributed by atoms with Gasteiger partial charge in [0, 0.05) is 18.0 Å². The van der Waals surface area contributed by atoms with Gasteiger partial charge in [0.05, 0.1) is 6.54 Å². The van der Waals surface area contributed by atoms with Gasteiger partial charge in [-0.25, -0.2) is 4.79 Å². The number of amides is 3. The lowest BCUT2D eigenvalue weighted by atomic mass is 10.2. The molecular formula is C14H20ClN3O3. The summed E-state index contributed by atoms with van der Waals surface area (Å²) in [6.07, 6.45) is 1.84. The van der Waals surface area contributed by atoms with Gasteiger partial charge < -0.3 is 21.1 Å². The third-order valence-corrected chi connectivity index (χ3v) is 2.89. The molecule has 0 radical (unpaired) electrons. The molecule has 0 aliphatic carbocycles. The summed E-state index contributed by atoms with van der Waals surface area (Å²) in [5.41, 5.74) is 4.92. The summed E-state index contributed by atoms with van der Waals surface area (Å²) < 4.78 is 5.45. The number of carbonyl (C=O) groups is 2. The fraction of sp³-hybridized carbons (Fsp3) is 0.429. The van der Waals surface area contributed by atoms with Crippen LogP contribution >= 0.6 is 11.6 Å². The van der Waals surface area contributed by atoms with Crippen molar-refractivity contribution in [1.82, 2.24) is 10.6 Å². The van der Waals surface area contributed by atoms with E-state index >= 15 is 0 Å². The first-order chi connectivity index (χ1) is 10.1. The van der Waals surface area contributed by atoms with Crippen LogP contribution in [0.5, 0.6) is 5.75 Å². The number of carbonyl (C=O) groups excluding carboxylic acids is 2. The quantitative estimate of drug-likeness (QED) is 0.605.